The van der Waals surface area contributed by atoms with E-state index in [0.717, 1.165) is 9.35 Å². The highest BCUT2D eigenvalue weighted by molar-refractivity contribution is 9.10. The van der Waals surface area contributed by atoms with Crippen LogP contribution in [-0.4, -0.2) is 10.7 Å². The number of thiophene rings is 1. The minimum absolute atomic E-state index is 0.259. The van der Waals surface area contributed by atoms with E-state index in [9.17, 15) is 9.50 Å². The molecule has 1 atom stereocenters. The number of halogens is 2. The maximum atomic E-state index is 13.5. The van der Waals surface area contributed by atoms with Crippen molar-refractivity contribution in [3.63, 3.8) is 0 Å². The molecule has 0 saturated carbocycles. The van der Waals surface area contributed by atoms with Gasteiger partial charge < -0.3 is 5.11 Å². The number of rotatable bonds is 4. The Hall–Kier alpha value is -0.710. The zero-order chi connectivity index (χ0) is 13.2. The Bertz CT molecular complexity index is 536. The Morgan fingerprint density at radius 2 is 2.06 bits per heavy atom. The molecule has 0 aliphatic carbocycles. The first-order valence-electron chi connectivity index (χ1n) is 5.65. The van der Waals surface area contributed by atoms with Gasteiger partial charge in [-0.15, -0.1) is 11.3 Å². The van der Waals surface area contributed by atoms with Crippen molar-refractivity contribution >= 4 is 27.3 Å². The molecule has 1 heterocycles. The molecule has 0 amide bonds. The van der Waals surface area contributed by atoms with E-state index >= 15 is 0 Å². The van der Waals surface area contributed by atoms with Crippen LogP contribution in [-0.2, 0) is 12.8 Å². The summed E-state index contributed by atoms with van der Waals surface area (Å²) in [5.74, 6) is -0.259. The quantitative estimate of drug-likeness (QED) is 0.892. The molecule has 96 valence electrons. The van der Waals surface area contributed by atoms with E-state index in [1.54, 1.807) is 36.5 Å². The predicted octanol–water partition coefficient (Wildman–Crippen LogP) is 4.19. The zero-order valence-electron chi connectivity index (χ0n) is 9.99. The molecule has 0 aliphatic rings. The first-order chi connectivity index (χ1) is 8.46. The molecule has 0 fully saturated rings. The van der Waals surface area contributed by atoms with E-state index in [2.05, 4.69) is 15.9 Å². The number of hydrogen-bond acceptors (Lipinski definition) is 2. The standard InChI is InChI=1S/C14H14BrFOS/c1-14(17,8-12-6-11(15)9-18-12)7-10-4-2-3-5-13(10)16/h2-6,9,17H,7-8H2,1H3. The van der Waals surface area contributed by atoms with E-state index < -0.39 is 5.60 Å². The van der Waals surface area contributed by atoms with Crippen LogP contribution in [0.4, 0.5) is 4.39 Å². The summed E-state index contributed by atoms with van der Waals surface area (Å²) in [6.45, 7) is 1.74. The number of benzene rings is 1. The van der Waals surface area contributed by atoms with Crippen LogP contribution in [0.15, 0.2) is 40.2 Å². The van der Waals surface area contributed by atoms with Gasteiger partial charge in [0.25, 0.3) is 0 Å². The average Bonchev–Trinajstić information content (AvgIpc) is 2.66. The third-order valence-corrected chi connectivity index (χ3v) is 4.40. The van der Waals surface area contributed by atoms with Crippen molar-refractivity contribution in [1.29, 1.82) is 0 Å². The second-order valence-corrected chi connectivity index (χ2v) is 6.58. The molecule has 0 saturated heterocycles. The first-order valence-corrected chi connectivity index (χ1v) is 7.32. The summed E-state index contributed by atoms with van der Waals surface area (Å²) in [7, 11) is 0. The average molecular weight is 329 g/mol. The molecule has 0 bridgehead atoms. The van der Waals surface area contributed by atoms with Crippen LogP contribution in [0.1, 0.15) is 17.4 Å². The lowest BCUT2D eigenvalue weighted by Crippen LogP contribution is -2.30. The van der Waals surface area contributed by atoms with Crippen molar-refractivity contribution in [2.45, 2.75) is 25.4 Å². The number of hydrogen-bond donors (Lipinski definition) is 1. The van der Waals surface area contributed by atoms with Crippen LogP contribution in [0.2, 0.25) is 0 Å². The fraction of sp³-hybridized carbons (Fsp3) is 0.286. The van der Waals surface area contributed by atoms with Crippen molar-refractivity contribution < 1.29 is 9.50 Å². The van der Waals surface area contributed by atoms with Crippen LogP contribution in [0.3, 0.4) is 0 Å². The topological polar surface area (TPSA) is 20.2 Å². The Balaban J connectivity index is 2.10. The van der Waals surface area contributed by atoms with Gasteiger partial charge in [-0.05, 0) is 40.5 Å². The summed E-state index contributed by atoms with van der Waals surface area (Å²) in [5, 5.41) is 12.4. The molecule has 1 unspecified atom stereocenters. The summed E-state index contributed by atoms with van der Waals surface area (Å²) in [5.41, 5.74) is -0.384. The normalized spacial score (nSPS) is 14.4. The summed E-state index contributed by atoms with van der Waals surface area (Å²) >= 11 is 4.98. The van der Waals surface area contributed by atoms with Gasteiger partial charge in [-0.1, -0.05) is 18.2 Å². The number of aliphatic hydroxyl groups is 1. The lowest BCUT2D eigenvalue weighted by molar-refractivity contribution is 0.0607. The zero-order valence-corrected chi connectivity index (χ0v) is 12.4. The van der Waals surface area contributed by atoms with Crippen molar-refractivity contribution in [2.75, 3.05) is 0 Å². The van der Waals surface area contributed by atoms with Crippen molar-refractivity contribution in [3.05, 3.63) is 56.4 Å². The van der Waals surface area contributed by atoms with Crippen molar-refractivity contribution in [2.24, 2.45) is 0 Å². The molecule has 1 nitrogen and oxygen atoms in total. The SMILES string of the molecule is CC(O)(Cc1cc(Br)cs1)Cc1ccccc1F. The largest absolute Gasteiger partial charge is 0.389 e. The summed E-state index contributed by atoms with van der Waals surface area (Å²) in [6.07, 6.45) is 0.840. The van der Waals surface area contributed by atoms with Gasteiger partial charge in [0.05, 0.1) is 5.60 Å². The van der Waals surface area contributed by atoms with Gasteiger partial charge >= 0.3 is 0 Å². The Labute approximate surface area is 118 Å². The monoisotopic (exact) mass is 328 g/mol. The molecular weight excluding hydrogens is 315 g/mol. The summed E-state index contributed by atoms with van der Waals surface area (Å²) < 4.78 is 14.6. The molecule has 2 aromatic rings. The molecule has 18 heavy (non-hydrogen) atoms. The van der Waals surface area contributed by atoms with Crippen LogP contribution in [0, 0.1) is 5.82 Å². The van der Waals surface area contributed by atoms with Gasteiger partial charge in [0.2, 0.25) is 0 Å². The van der Waals surface area contributed by atoms with Gasteiger partial charge in [0.15, 0.2) is 0 Å². The fourth-order valence-electron chi connectivity index (χ4n) is 1.94. The maximum absolute atomic E-state index is 13.5. The second-order valence-electron chi connectivity index (χ2n) is 4.67. The van der Waals surface area contributed by atoms with E-state index in [4.69, 9.17) is 0 Å². The minimum Gasteiger partial charge on any atom is -0.389 e. The highest BCUT2D eigenvalue weighted by Crippen LogP contribution is 2.26. The molecule has 1 N–H and O–H groups in total. The van der Waals surface area contributed by atoms with Crippen molar-refractivity contribution in [1.82, 2.24) is 0 Å². The minimum atomic E-state index is -0.938. The highest BCUT2D eigenvalue weighted by atomic mass is 79.9. The smallest absolute Gasteiger partial charge is 0.126 e. The molecule has 0 aliphatic heterocycles. The van der Waals surface area contributed by atoms with Gasteiger partial charge in [-0.2, -0.15) is 0 Å². The maximum Gasteiger partial charge on any atom is 0.126 e. The van der Waals surface area contributed by atoms with Crippen molar-refractivity contribution in [3.8, 4) is 0 Å². The van der Waals surface area contributed by atoms with E-state index in [-0.39, 0.29) is 5.82 Å². The molecule has 0 spiro atoms. The summed E-state index contributed by atoms with van der Waals surface area (Å²) in [4.78, 5) is 1.09. The Morgan fingerprint density at radius 1 is 1.33 bits per heavy atom. The lowest BCUT2D eigenvalue weighted by atomic mass is 9.92. The van der Waals surface area contributed by atoms with Crippen LogP contribution < -0.4 is 0 Å². The van der Waals surface area contributed by atoms with Gasteiger partial charge in [0, 0.05) is 27.6 Å². The Kier molecular flexibility index (Phi) is 4.20. The van der Waals surface area contributed by atoms with Gasteiger partial charge in [-0.25, -0.2) is 4.39 Å². The molecule has 0 radical (unpaired) electrons. The predicted molar refractivity (Wildman–Crippen MR) is 76.5 cm³/mol. The molecule has 4 heteroatoms. The molecule has 1 aromatic heterocycles. The molecule has 1 aromatic carbocycles. The van der Waals surface area contributed by atoms with Crippen LogP contribution >= 0.6 is 27.3 Å². The van der Waals surface area contributed by atoms with E-state index in [1.165, 1.54) is 6.07 Å². The van der Waals surface area contributed by atoms with E-state index in [1.807, 2.05) is 11.4 Å². The molecule has 2 rings (SSSR count). The van der Waals surface area contributed by atoms with Gasteiger partial charge in [-0.3, -0.25) is 0 Å². The first kappa shape index (κ1) is 13.7. The van der Waals surface area contributed by atoms with Crippen LogP contribution in [0.25, 0.3) is 0 Å². The van der Waals surface area contributed by atoms with Gasteiger partial charge in [0.1, 0.15) is 5.82 Å². The fourth-order valence-corrected chi connectivity index (χ4v) is 3.57. The Morgan fingerprint density at radius 3 is 2.67 bits per heavy atom. The second kappa shape index (κ2) is 5.51. The third-order valence-electron chi connectivity index (χ3n) is 2.71. The molecular formula is C14H14BrFOS. The third kappa shape index (κ3) is 3.64. The highest BCUT2D eigenvalue weighted by Gasteiger charge is 2.23. The van der Waals surface area contributed by atoms with Crippen LogP contribution in [0.5, 0.6) is 0 Å². The van der Waals surface area contributed by atoms with E-state index in [0.29, 0.717) is 18.4 Å². The lowest BCUT2D eigenvalue weighted by Gasteiger charge is -2.23. The summed E-state index contributed by atoms with van der Waals surface area (Å²) in [6, 6.07) is 8.57.